The van der Waals surface area contributed by atoms with Crippen molar-refractivity contribution in [3.05, 3.63) is 59.2 Å². The van der Waals surface area contributed by atoms with Crippen LogP contribution in [-0.4, -0.2) is 64.8 Å². The Kier molecular flexibility index (Phi) is 7.04. The van der Waals surface area contributed by atoms with Gasteiger partial charge < -0.3 is 15.2 Å². The molecule has 4 rings (SSSR count). The van der Waals surface area contributed by atoms with E-state index in [0.717, 1.165) is 57.7 Å². The molecule has 2 aliphatic heterocycles. The predicted molar refractivity (Wildman–Crippen MR) is 113 cm³/mol. The molecular weight excluding hydrogens is 380 g/mol. The van der Waals surface area contributed by atoms with E-state index in [9.17, 15) is 9.90 Å². The Morgan fingerprint density at radius 1 is 1.23 bits per heavy atom. The average Bonchev–Trinajstić information content (AvgIpc) is 2.78. The highest BCUT2D eigenvalue weighted by Crippen LogP contribution is 2.19. The van der Waals surface area contributed by atoms with E-state index in [-0.39, 0.29) is 18.3 Å². The maximum absolute atomic E-state index is 12.5. The number of amides is 1. The van der Waals surface area contributed by atoms with Crippen molar-refractivity contribution in [3.8, 4) is 0 Å². The van der Waals surface area contributed by atoms with Crippen LogP contribution >= 0.6 is 0 Å². The number of aromatic nitrogens is 2. The summed E-state index contributed by atoms with van der Waals surface area (Å²) >= 11 is 0. The van der Waals surface area contributed by atoms with Gasteiger partial charge in [-0.2, -0.15) is 0 Å². The Morgan fingerprint density at radius 3 is 2.87 bits per heavy atom. The van der Waals surface area contributed by atoms with Crippen molar-refractivity contribution in [2.45, 2.75) is 38.3 Å². The maximum atomic E-state index is 12.5. The zero-order chi connectivity index (χ0) is 20.8. The second kappa shape index (κ2) is 10.1. The Balaban J connectivity index is 1.24. The molecule has 0 bridgehead atoms. The molecule has 7 nitrogen and oxygen atoms in total. The van der Waals surface area contributed by atoms with Crippen LogP contribution in [0, 0.1) is 5.92 Å². The van der Waals surface area contributed by atoms with Gasteiger partial charge in [0.15, 0.2) is 0 Å². The van der Waals surface area contributed by atoms with E-state index in [1.54, 1.807) is 6.20 Å². The molecule has 1 saturated heterocycles. The molecule has 1 atom stereocenters. The highest BCUT2D eigenvalue weighted by Gasteiger charge is 2.20. The Morgan fingerprint density at radius 2 is 2.03 bits per heavy atom. The minimum Gasteiger partial charge on any atom is -0.390 e. The standard InChI is InChI=1S/C23H30N4O3/c28-21(16-27-10-6-18-3-1-2-4-19(18)15-27)14-25-23(29)22-24-9-5-20(26-22)13-17-7-11-30-12-8-17/h1-5,9,17,21,28H,6-8,10-16H2,(H,25,29). The quantitative estimate of drug-likeness (QED) is 0.721. The minimum absolute atomic E-state index is 0.165. The van der Waals surface area contributed by atoms with Crippen LogP contribution < -0.4 is 5.32 Å². The number of nitrogens with one attached hydrogen (secondary N) is 1. The third-order valence-corrected chi connectivity index (χ3v) is 5.93. The lowest BCUT2D eigenvalue weighted by Crippen LogP contribution is -2.42. The molecule has 0 aliphatic carbocycles. The summed E-state index contributed by atoms with van der Waals surface area (Å²) in [5, 5.41) is 13.2. The van der Waals surface area contributed by atoms with E-state index in [0.29, 0.717) is 12.5 Å². The SMILES string of the molecule is O=C(NCC(O)CN1CCc2ccccc2C1)c1nccc(CC2CCOCC2)n1. The van der Waals surface area contributed by atoms with Crippen molar-refractivity contribution in [1.82, 2.24) is 20.2 Å². The Bertz CT molecular complexity index is 854. The van der Waals surface area contributed by atoms with Gasteiger partial charge in [-0.25, -0.2) is 9.97 Å². The predicted octanol–water partition coefficient (Wildman–Crippen LogP) is 1.59. The molecule has 2 aromatic rings. The summed E-state index contributed by atoms with van der Waals surface area (Å²) in [6, 6.07) is 10.3. The Labute approximate surface area is 177 Å². The zero-order valence-corrected chi connectivity index (χ0v) is 17.3. The molecule has 30 heavy (non-hydrogen) atoms. The number of aliphatic hydroxyl groups is 1. The minimum atomic E-state index is -0.635. The van der Waals surface area contributed by atoms with Crippen LogP contribution in [-0.2, 0) is 24.1 Å². The molecule has 1 fully saturated rings. The number of benzene rings is 1. The first-order chi connectivity index (χ1) is 14.7. The van der Waals surface area contributed by atoms with E-state index in [1.807, 2.05) is 6.07 Å². The van der Waals surface area contributed by atoms with Gasteiger partial charge in [-0.3, -0.25) is 9.69 Å². The van der Waals surface area contributed by atoms with Crippen LogP contribution in [0.15, 0.2) is 36.5 Å². The first kappa shape index (κ1) is 20.9. The number of hydrogen-bond acceptors (Lipinski definition) is 6. The highest BCUT2D eigenvalue weighted by atomic mass is 16.5. The third kappa shape index (κ3) is 5.62. The molecule has 0 saturated carbocycles. The number of hydrogen-bond donors (Lipinski definition) is 2. The van der Waals surface area contributed by atoms with E-state index < -0.39 is 6.10 Å². The van der Waals surface area contributed by atoms with Crippen molar-refractivity contribution in [2.24, 2.45) is 5.92 Å². The fourth-order valence-electron chi connectivity index (χ4n) is 4.23. The smallest absolute Gasteiger partial charge is 0.289 e. The van der Waals surface area contributed by atoms with Gasteiger partial charge in [-0.15, -0.1) is 0 Å². The summed E-state index contributed by atoms with van der Waals surface area (Å²) < 4.78 is 5.40. The third-order valence-electron chi connectivity index (χ3n) is 5.93. The molecule has 1 amide bonds. The molecular formula is C23H30N4O3. The number of ether oxygens (including phenoxy) is 1. The van der Waals surface area contributed by atoms with Gasteiger partial charge in [0.1, 0.15) is 0 Å². The van der Waals surface area contributed by atoms with Gasteiger partial charge in [0, 0.05) is 51.3 Å². The fraction of sp³-hybridized carbons (Fsp3) is 0.522. The lowest BCUT2D eigenvalue weighted by Gasteiger charge is -2.30. The van der Waals surface area contributed by atoms with Crippen LogP contribution in [0.4, 0.5) is 0 Å². The first-order valence-electron chi connectivity index (χ1n) is 10.8. The monoisotopic (exact) mass is 410 g/mol. The molecule has 1 aromatic carbocycles. The molecule has 0 radical (unpaired) electrons. The number of aliphatic hydroxyl groups excluding tert-OH is 1. The second-order valence-corrected chi connectivity index (χ2v) is 8.25. The van der Waals surface area contributed by atoms with Crippen molar-refractivity contribution in [2.75, 3.05) is 32.8 Å². The van der Waals surface area contributed by atoms with Gasteiger partial charge in [-0.05, 0) is 48.8 Å². The molecule has 7 heteroatoms. The van der Waals surface area contributed by atoms with Gasteiger partial charge in [0.2, 0.25) is 5.82 Å². The number of fused-ring (bicyclic) bond motifs is 1. The van der Waals surface area contributed by atoms with Crippen molar-refractivity contribution in [1.29, 1.82) is 0 Å². The molecule has 3 heterocycles. The fourth-order valence-corrected chi connectivity index (χ4v) is 4.23. The summed E-state index contributed by atoms with van der Waals surface area (Å²) in [6.07, 6.45) is 4.88. The molecule has 160 valence electrons. The van der Waals surface area contributed by atoms with E-state index in [1.165, 1.54) is 11.1 Å². The highest BCUT2D eigenvalue weighted by molar-refractivity contribution is 5.90. The van der Waals surface area contributed by atoms with Crippen LogP contribution in [0.2, 0.25) is 0 Å². The van der Waals surface area contributed by atoms with Gasteiger partial charge in [-0.1, -0.05) is 24.3 Å². The lowest BCUT2D eigenvalue weighted by atomic mass is 9.95. The van der Waals surface area contributed by atoms with Crippen LogP contribution in [0.3, 0.4) is 0 Å². The number of carbonyl (C=O) groups is 1. The lowest BCUT2D eigenvalue weighted by molar-refractivity contribution is 0.0662. The number of nitrogens with zero attached hydrogens (tertiary/aromatic N) is 3. The topological polar surface area (TPSA) is 87.6 Å². The zero-order valence-electron chi connectivity index (χ0n) is 17.3. The first-order valence-corrected chi connectivity index (χ1v) is 10.8. The van der Waals surface area contributed by atoms with E-state index in [2.05, 4.69) is 44.5 Å². The molecule has 2 N–H and O–H groups in total. The second-order valence-electron chi connectivity index (χ2n) is 8.25. The normalized spacial score (nSPS) is 18.6. The Hall–Kier alpha value is -2.35. The van der Waals surface area contributed by atoms with E-state index in [4.69, 9.17) is 4.74 Å². The molecule has 0 spiro atoms. The maximum Gasteiger partial charge on any atom is 0.289 e. The summed E-state index contributed by atoms with van der Waals surface area (Å²) in [7, 11) is 0. The summed E-state index contributed by atoms with van der Waals surface area (Å²) in [4.78, 5) is 23.2. The van der Waals surface area contributed by atoms with E-state index >= 15 is 0 Å². The van der Waals surface area contributed by atoms with Gasteiger partial charge in [0.05, 0.1) is 6.10 Å². The molecule has 1 aromatic heterocycles. The number of β-amino-alcohol motifs (C(OH)–C–C–N with tert-alkyl or cyclic N) is 1. The number of carbonyl (C=O) groups excluding carboxylic acids is 1. The average molecular weight is 411 g/mol. The molecule has 2 aliphatic rings. The number of rotatable bonds is 7. The van der Waals surface area contributed by atoms with Crippen LogP contribution in [0.5, 0.6) is 0 Å². The van der Waals surface area contributed by atoms with Crippen molar-refractivity contribution >= 4 is 5.91 Å². The molecule has 1 unspecified atom stereocenters. The van der Waals surface area contributed by atoms with Gasteiger partial charge in [0.25, 0.3) is 5.91 Å². The summed E-state index contributed by atoms with van der Waals surface area (Å²) in [6.45, 7) is 4.05. The van der Waals surface area contributed by atoms with Crippen molar-refractivity contribution in [3.63, 3.8) is 0 Å². The van der Waals surface area contributed by atoms with Crippen LogP contribution in [0.1, 0.15) is 40.3 Å². The summed E-state index contributed by atoms with van der Waals surface area (Å²) in [5.74, 6) is 0.367. The van der Waals surface area contributed by atoms with Crippen molar-refractivity contribution < 1.29 is 14.6 Å². The van der Waals surface area contributed by atoms with Gasteiger partial charge >= 0.3 is 0 Å². The summed E-state index contributed by atoms with van der Waals surface area (Å²) in [5.41, 5.74) is 3.58. The van der Waals surface area contributed by atoms with Crippen LogP contribution in [0.25, 0.3) is 0 Å². The largest absolute Gasteiger partial charge is 0.390 e.